The first-order chi connectivity index (χ1) is 21.4. The van der Waals surface area contributed by atoms with Crippen molar-refractivity contribution in [2.75, 3.05) is 6.54 Å². The highest BCUT2D eigenvalue weighted by Crippen LogP contribution is 2.18. The molecule has 0 unspecified atom stereocenters. The minimum atomic E-state index is -1.10. The van der Waals surface area contributed by atoms with Crippen molar-refractivity contribution in [2.24, 2.45) is 28.3 Å². The van der Waals surface area contributed by atoms with Gasteiger partial charge in [-0.25, -0.2) is 15.0 Å². The number of carboxylic acids is 1. The van der Waals surface area contributed by atoms with Gasteiger partial charge in [0.25, 0.3) is 5.56 Å². The summed E-state index contributed by atoms with van der Waals surface area (Å²) in [6.45, 7) is 6.36. The van der Waals surface area contributed by atoms with E-state index >= 15 is 0 Å². The number of nitrogens with two attached hydrogens (primary N) is 2. The molecule has 1 amide bonds. The van der Waals surface area contributed by atoms with Gasteiger partial charge in [-0.15, -0.1) is 0 Å². The molecule has 2 heterocycles. The van der Waals surface area contributed by atoms with E-state index < -0.39 is 11.9 Å². The van der Waals surface area contributed by atoms with E-state index in [9.17, 15) is 24.3 Å². The maximum Gasteiger partial charge on any atom is 0.306 e. The Morgan fingerprint density at radius 3 is 2.44 bits per heavy atom. The van der Waals surface area contributed by atoms with E-state index in [4.69, 9.17) is 11.5 Å². The van der Waals surface area contributed by atoms with E-state index in [1.165, 1.54) is 0 Å². The van der Waals surface area contributed by atoms with Gasteiger partial charge in [0.1, 0.15) is 5.82 Å². The molecule has 0 aliphatic heterocycles. The fraction of sp³-hybridized carbons (Fsp3) is 0.500. The second kappa shape index (κ2) is 17.0. The summed E-state index contributed by atoms with van der Waals surface area (Å²) in [5.74, 6) is -1.55. The fourth-order valence-electron chi connectivity index (χ4n) is 5.02. The van der Waals surface area contributed by atoms with Crippen LogP contribution in [0.3, 0.4) is 0 Å². The number of carbonyl (C=O) groups is 3. The number of rotatable bonds is 18. The topological polar surface area (TPSA) is 219 Å². The van der Waals surface area contributed by atoms with Crippen molar-refractivity contribution in [3.63, 3.8) is 0 Å². The molecule has 0 radical (unpaired) electrons. The Kier molecular flexibility index (Phi) is 13.1. The summed E-state index contributed by atoms with van der Waals surface area (Å²) < 4.78 is 0. The Morgan fingerprint density at radius 2 is 1.76 bits per heavy atom. The number of aliphatic imine (C=N–C) groups is 1. The van der Waals surface area contributed by atoms with E-state index in [-0.39, 0.29) is 54.0 Å². The lowest BCUT2D eigenvalue weighted by Gasteiger charge is -2.18. The molecule has 13 heteroatoms. The Labute approximate surface area is 262 Å². The molecule has 13 nitrogen and oxygen atoms in total. The smallest absolute Gasteiger partial charge is 0.306 e. The number of hydrogen-bond acceptors (Lipinski definition) is 8. The standard InChI is InChI=1S/C32H44N8O5/c1-19(5-4-16-35-32(33)34)6-7-20(2)37-27(42)15-13-24(31(44)45)17-26(41)23-11-8-22(9-12-23)10-14-25-18-36-29-28(40-25)30(43)39-21(3)38-29/h8-9,11-12,18-20,24H,4-7,10,13-17H2,1-3H3,(H,37,42)(H,44,45)(H4,33,34,35)(H,36,38,39,43)/t19-,20+,24-/m1/s1. The first kappa shape index (κ1) is 34.8. The molecule has 3 atom stereocenters. The molecular weight excluding hydrogens is 576 g/mol. The summed E-state index contributed by atoms with van der Waals surface area (Å²) in [6, 6.07) is 6.94. The molecule has 1 aromatic carbocycles. The Balaban J connectivity index is 1.43. The molecule has 2 aromatic heterocycles. The number of amides is 1. The first-order valence-electron chi connectivity index (χ1n) is 15.3. The number of ketones is 1. The van der Waals surface area contributed by atoms with Crippen LogP contribution in [0.15, 0.2) is 40.2 Å². The van der Waals surface area contributed by atoms with Crippen molar-refractivity contribution in [1.29, 1.82) is 0 Å². The molecule has 0 aliphatic rings. The van der Waals surface area contributed by atoms with Crippen molar-refractivity contribution in [3.05, 3.63) is 63.5 Å². The van der Waals surface area contributed by atoms with Gasteiger partial charge in [0.05, 0.1) is 17.8 Å². The molecule has 0 spiro atoms. The van der Waals surface area contributed by atoms with E-state index in [2.05, 4.69) is 37.2 Å². The summed E-state index contributed by atoms with van der Waals surface area (Å²) >= 11 is 0. The van der Waals surface area contributed by atoms with E-state index in [0.29, 0.717) is 48.0 Å². The zero-order valence-corrected chi connectivity index (χ0v) is 26.2. The quantitative estimate of drug-likeness (QED) is 0.0606. The molecule has 0 saturated carbocycles. The third-order valence-corrected chi connectivity index (χ3v) is 7.68. The van der Waals surface area contributed by atoms with E-state index in [1.54, 1.807) is 25.3 Å². The molecule has 3 rings (SSSR count). The van der Waals surface area contributed by atoms with Crippen LogP contribution in [0.4, 0.5) is 0 Å². The van der Waals surface area contributed by atoms with Gasteiger partial charge < -0.3 is 26.9 Å². The zero-order valence-electron chi connectivity index (χ0n) is 26.2. The lowest BCUT2D eigenvalue weighted by atomic mass is 9.93. The molecule has 242 valence electrons. The van der Waals surface area contributed by atoms with Gasteiger partial charge >= 0.3 is 5.97 Å². The second-order valence-corrected chi connectivity index (χ2v) is 11.7. The van der Waals surface area contributed by atoms with Crippen molar-refractivity contribution in [2.45, 2.75) is 84.6 Å². The molecular formula is C32H44N8O5. The predicted molar refractivity (Wildman–Crippen MR) is 172 cm³/mol. The SMILES string of the molecule is Cc1nc2ncc(CCc3ccc(C(=O)C[C@@H](CCC(=O)N[C@@H](C)CC[C@H](C)CCCN=C(N)N)C(=O)O)cc3)nc2c(=O)[nH]1. The van der Waals surface area contributed by atoms with Gasteiger partial charge in [-0.2, -0.15) is 0 Å². The number of Topliss-reactive ketones (excluding diaryl/α,β-unsaturated/α-hetero) is 1. The summed E-state index contributed by atoms with van der Waals surface area (Å²) in [6.07, 6.45) is 6.26. The number of benzene rings is 1. The third-order valence-electron chi connectivity index (χ3n) is 7.68. The Hall–Kier alpha value is -4.68. The highest BCUT2D eigenvalue weighted by Gasteiger charge is 2.23. The summed E-state index contributed by atoms with van der Waals surface area (Å²) in [5, 5.41) is 12.6. The van der Waals surface area contributed by atoms with Gasteiger partial charge in [0, 0.05) is 31.0 Å². The van der Waals surface area contributed by atoms with Crippen LogP contribution in [0.25, 0.3) is 11.2 Å². The van der Waals surface area contributed by atoms with Crippen molar-refractivity contribution in [3.8, 4) is 0 Å². The predicted octanol–water partition coefficient (Wildman–Crippen LogP) is 2.84. The van der Waals surface area contributed by atoms with Crippen LogP contribution in [0.1, 0.15) is 86.2 Å². The highest BCUT2D eigenvalue weighted by atomic mass is 16.4. The fourth-order valence-corrected chi connectivity index (χ4v) is 5.02. The summed E-state index contributed by atoms with van der Waals surface area (Å²) in [5.41, 5.74) is 12.8. The number of aromatic amines is 1. The summed E-state index contributed by atoms with van der Waals surface area (Å²) in [7, 11) is 0. The van der Waals surface area contributed by atoms with Gasteiger partial charge in [-0.3, -0.25) is 24.2 Å². The number of carbonyl (C=O) groups excluding carboxylic acids is 2. The number of nitrogens with zero attached hydrogens (tertiary/aromatic N) is 4. The number of H-pyrrole nitrogens is 1. The monoisotopic (exact) mass is 620 g/mol. The van der Waals surface area contributed by atoms with Crippen LogP contribution < -0.4 is 22.3 Å². The molecule has 0 aliphatic carbocycles. The number of carboxylic acid groups (broad SMARTS) is 1. The lowest BCUT2D eigenvalue weighted by Crippen LogP contribution is -2.33. The van der Waals surface area contributed by atoms with Crippen LogP contribution in [0.2, 0.25) is 0 Å². The Bertz CT molecular complexity index is 1550. The average Bonchev–Trinajstić information content (AvgIpc) is 2.99. The van der Waals surface area contributed by atoms with Gasteiger partial charge in [0.15, 0.2) is 22.9 Å². The largest absolute Gasteiger partial charge is 0.481 e. The maximum atomic E-state index is 12.9. The molecule has 0 bridgehead atoms. The molecule has 0 saturated heterocycles. The Morgan fingerprint density at radius 1 is 1.02 bits per heavy atom. The van der Waals surface area contributed by atoms with Gasteiger partial charge in [-0.05, 0) is 70.3 Å². The van der Waals surface area contributed by atoms with Gasteiger partial charge in [-0.1, -0.05) is 31.2 Å². The van der Waals surface area contributed by atoms with Crippen LogP contribution in [-0.2, 0) is 22.4 Å². The van der Waals surface area contributed by atoms with E-state index in [1.807, 2.05) is 19.1 Å². The average molecular weight is 621 g/mol. The highest BCUT2D eigenvalue weighted by molar-refractivity contribution is 5.98. The third kappa shape index (κ3) is 11.7. The first-order valence-corrected chi connectivity index (χ1v) is 15.3. The maximum absolute atomic E-state index is 12.9. The molecule has 45 heavy (non-hydrogen) atoms. The van der Waals surface area contributed by atoms with Gasteiger partial charge in [0.2, 0.25) is 5.91 Å². The zero-order chi connectivity index (χ0) is 32.9. The van der Waals surface area contributed by atoms with Crippen molar-refractivity contribution in [1.82, 2.24) is 25.3 Å². The van der Waals surface area contributed by atoms with Crippen LogP contribution >= 0.6 is 0 Å². The number of fused-ring (bicyclic) bond motifs is 1. The number of aryl methyl sites for hydroxylation is 3. The number of hydrogen-bond donors (Lipinski definition) is 5. The van der Waals surface area contributed by atoms with Crippen LogP contribution in [0.5, 0.6) is 0 Å². The molecule has 0 fully saturated rings. The van der Waals surface area contributed by atoms with Crippen LogP contribution in [0, 0.1) is 18.8 Å². The summed E-state index contributed by atoms with van der Waals surface area (Å²) in [4.78, 5) is 68.8. The van der Waals surface area contributed by atoms with Crippen LogP contribution in [-0.4, -0.2) is 61.2 Å². The molecule has 7 N–H and O–H groups in total. The minimum Gasteiger partial charge on any atom is -0.481 e. The second-order valence-electron chi connectivity index (χ2n) is 11.7. The number of guanidine groups is 1. The number of nitrogens with one attached hydrogen (secondary N) is 2. The van der Waals surface area contributed by atoms with Crippen molar-refractivity contribution < 1.29 is 19.5 Å². The van der Waals surface area contributed by atoms with E-state index in [0.717, 1.165) is 31.2 Å². The minimum absolute atomic E-state index is 0.0286. The number of aliphatic carboxylic acids is 1. The van der Waals surface area contributed by atoms with Crippen molar-refractivity contribution >= 4 is 34.8 Å². The lowest BCUT2D eigenvalue weighted by molar-refractivity contribution is -0.142. The normalized spacial score (nSPS) is 13.1. The molecule has 3 aromatic rings. The number of aromatic nitrogens is 4.